The first kappa shape index (κ1) is 13.8. The topological polar surface area (TPSA) is 38.8 Å². The van der Waals surface area contributed by atoms with E-state index in [1.165, 1.54) is 6.42 Å². The number of piperidine rings is 1. The fourth-order valence-corrected chi connectivity index (χ4v) is 2.63. The van der Waals surface area contributed by atoms with Crippen molar-refractivity contribution < 1.29 is 14.3 Å². The zero-order chi connectivity index (χ0) is 12.8. The summed E-state index contributed by atoms with van der Waals surface area (Å²) in [6.45, 7) is 4.01. The van der Waals surface area contributed by atoms with Crippen molar-refractivity contribution in [2.24, 2.45) is 11.8 Å². The molecule has 0 spiro atoms. The molecule has 1 heterocycles. The summed E-state index contributed by atoms with van der Waals surface area (Å²) < 4.78 is 10.5. The van der Waals surface area contributed by atoms with Crippen molar-refractivity contribution in [1.82, 2.24) is 4.90 Å². The first-order valence-electron chi connectivity index (χ1n) is 7.16. The van der Waals surface area contributed by atoms with Gasteiger partial charge in [0, 0.05) is 32.7 Å². The lowest BCUT2D eigenvalue weighted by atomic mass is 9.83. The molecule has 1 amide bonds. The van der Waals surface area contributed by atoms with E-state index >= 15 is 0 Å². The van der Waals surface area contributed by atoms with Gasteiger partial charge in [-0.05, 0) is 31.6 Å². The molecule has 1 saturated carbocycles. The maximum absolute atomic E-state index is 12.1. The van der Waals surface area contributed by atoms with Crippen molar-refractivity contribution in [2.45, 2.75) is 32.1 Å². The van der Waals surface area contributed by atoms with E-state index < -0.39 is 0 Å². The quantitative estimate of drug-likeness (QED) is 0.678. The SMILES string of the molecule is COCCOCC1CCN(C(=O)C2CCC2)CC1. The Labute approximate surface area is 110 Å². The number of hydrogen-bond acceptors (Lipinski definition) is 3. The van der Waals surface area contributed by atoms with Crippen LogP contribution in [0.5, 0.6) is 0 Å². The number of methoxy groups -OCH3 is 1. The van der Waals surface area contributed by atoms with Crippen LogP contribution in [0.2, 0.25) is 0 Å². The molecule has 104 valence electrons. The van der Waals surface area contributed by atoms with Crippen LogP contribution >= 0.6 is 0 Å². The van der Waals surface area contributed by atoms with Crippen LogP contribution in [0.25, 0.3) is 0 Å². The molecule has 2 fully saturated rings. The molecule has 1 saturated heterocycles. The van der Waals surface area contributed by atoms with E-state index in [4.69, 9.17) is 9.47 Å². The number of rotatable bonds is 6. The predicted octanol–water partition coefficient (Wildman–Crippen LogP) is 1.69. The highest BCUT2D eigenvalue weighted by Gasteiger charge is 2.31. The van der Waals surface area contributed by atoms with Crippen molar-refractivity contribution in [3.8, 4) is 0 Å². The normalized spacial score (nSPS) is 21.9. The van der Waals surface area contributed by atoms with Crippen molar-refractivity contribution in [2.75, 3.05) is 40.0 Å². The third-order valence-corrected chi connectivity index (χ3v) is 4.17. The Hall–Kier alpha value is -0.610. The molecule has 0 N–H and O–H groups in total. The van der Waals surface area contributed by atoms with Crippen LogP contribution in [0.3, 0.4) is 0 Å². The number of amides is 1. The minimum atomic E-state index is 0.347. The second kappa shape index (κ2) is 7.10. The van der Waals surface area contributed by atoms with Crippen LogP contribution in [-0.4, -0.2) is 50.8 Å². The lowest BCUT2D eigenvalue weighted by Gasteiger charge is -2.36. The Bertz CT molecular complexity index is 258. The Morgan fingerprint density at radius 3 is 2.44 bits per heavy atom. The van der Waals surface area contributed by atoms with Crippen molar-refractivity contribution in [1.29, 1.82) is 0 Å². The van der Waals surface area contributed by atoms with Crippen LogP contribution in [0.4, 0.5) is 0 Å². The molecule has 0 aromatic carbocycles. The molecule has 1 aliphatic heterocycles. The van der Waals surface area contributed by atoms with Gasteiger partial charge in [-0.2, -0.15) is 0 Å². The highest BCUT2D eigenvalue weighted by molar-refractivity contribution is 5.79. The summed E-state index contributed by atoms with van der Waals surface area (Å²) in [5.74, 6) is 1.37. The standard InChI is InChI=1S/C14H25NO3/c1-17-9-10-18-11-12-5-7-15(8-6-12)14(16)13-3-2-4-13/h12-13H,2-11H2,1H3. The third-order valence-electron chi connectivity index (χ3n) is 4.17. The average molecular weight is 255 g/mol. The van der Waals surface area contributed by atoms with Gasteiger partial charge in [-0.3, -0.25) is 4.79 Å². The van der Waals surface area contributed by atoms with Crippen molar-refractivity contribution >= 4 is 5.91 Å². The molecular weight excluding hydrogens is 230 g/mol. The van der Waals surface area contributed by atoms with Gasteiger partial charge in [0.05, 0.1) is 13.2 Å². The molecule has 0 radical (unpaired) electrons. The van der Waals surface area contributed by atoms with Gasteiger partial charge in [-0.25, -0.2) is 0 Å². The number of carbonyl (C=O) groups excluding carboxylic acids is 1. The first-order chi connectivity index (χ1) is 8.81. The molecule has 4 nitrogen and oxygen atoms in total. The maximum Gasteiger partial charge on any atom is 0.225 e. The van der Waals surface area contributed by atoms with E-state index in [1.807, 2.05) is 0 Å². The Kier molecular flexibility index (Phi) is 5.45. The second-order valence-electron chi connectivity index (χ2n) is 5.46. The average Bonchev–Trinajstić information content (AvgIpc) is 2.33. The fraction of sp³-hybridized carbons (Fsp3) is 0.929. The van der Waals surface area contributed by atoms with Crippen LogP contribution < -0.4 is 0 Å². The molecule has 2 aliphatic rings. The first-order valence-corrected chi connectivity index (χ1v) is 7.16. The zero-order valence-electron chi connectivity index (χ0n) is 11.4. The molecule has 0 atom stereocenters. The van der Waals surface area contributed by atoms with Gasteiger partial charge in [-0.15, -0.1) is 0 Å². The van der Waals surface area contributed by atoms with E-state index in [-0.39, 0.29) is 0 Å². The summed E-state index contributed by atoms with van der Waals surface area (Å²) in [6.07, 6.45) is 5.63. The monoisotopic (exact) mass is 255 g/mol. The largest absolute Gasteiger partial charge is 0.382 e. The summed E-state index contributed by atoms with van der Waals surface area (Å²) in [4.78, 5) is 14.1. The Morgan fingerprint density at radius 1 is 1.17 bits per heavy atom. The van der Waals surface area contributed by atoms with Crippen LogP contribution in [0.1, 0.15) is 32.1 Å². The van der Waals surface area contributed by atoms with E-state index in [0.29, 0.717) is 31.0 Å². The van der Waals surface area contributed by atoms with Crippen LogP contribution in [0, 0.1) is 11.8 Å². The summed E-state index contributed by atoms with van der Waals surface area (Å²) in [5.41, 5.74) is 0. The molecule has 0 unspecified atom stereocenters. The van der Waals surface area contributed by atoms with Gasteiger partial charge in [-0.1, -0.05) is 6.42 Å². The smallest absolute Gasteiger partial charge is 0.225 e. The van der Waals surface area contributed by atoms with E-state index in [2.05, 4.69) is 4.90 Å². The molecule has 18 heavy (non-hydrogen) atoms. The van der Waals surface area contributed by atoms with Gasteiger partial charge in [0.15, 0.2) is 0 Å². The maximum atomic E-state index is 12.1. The highest BCUT2D eigenvalue weighted by atomic mass is 16.5. The lowest BCUT2D eigenvalue weighted by Crippen LogP contribution is -2.44. The summed E-state index contributed by atoms with van der Waals surface area (Å²) in [6, 6.07) is 0. The van der Waals surface area contributed by atoms with Gasteiger partial charge < -0.3 is 14.4 Å². The van der Waals surface area contributed by atoms with E-state index in [1.54, 1.807) is 7.11 Å². The molecule has 2 rings (SSSR count). The van der Waals surface area contributed by atoms with Crippen LogP contribution in [0.15, 0.2) is 0 Å². The second-order valence-corrected chi connectivity index (χ2v) is 5.46. The molecule has 0 aromatic rings. The van der Waals surface area contributed by atoms with Gasteiger partial charge in [0.25, 0.3) is 0 Å². The summed E-state index contributed by atoms with van der Waals surface area (Å²) in [7, 11) is 1.69. The molecule has 4 heteroatoms. The van der Waals surface area contributed by atoms with Crippen molar-refractivity contribution in [3.63, 3.8) is 0 Å². The Balaban J connectivity index is 1.60. The molecule has 0 aromatic heterocycles. The number of ether oxygens (including phenoxy) is 2. The third kappa shape index (κ3) is 3.69. The minimum absolute atomic E-state index is 0.347. The van der Waals surface area contributed by atoms with Gasteiger partial charge in [0.1, 0.15) is 0 Å². The number of nitrogens with zero attached hydrogens (tertiary/aromatic N) is 1. The van der Waals surface area contributed by atoms with Crippen LogP contribution in [-0.2, 0) is 14.3 Å². The number of likely N-dealkylation sites (tertiary alicyclic amines) is 1. The number of hydrogen-bond donors (Lipinski definition) is 0. The predicted molar refractivity (Wildman–Crippen MR) is 69.3 cm³/mol. The zero-order valence-corrected chi connectivity index (χ0v) is 11.4. The van der Waals surface area contributed by atoms with Gasteiger partial charge in [0.2, 0.25) is 5.91 Å². The Morgan fingerprint density at radius 2 is 1.89 bits per heavy atom. The fourth-order valence-electron chi connectivity index (χ4n) is 2.63. The van der Waals surface area contributed by atoms with Crippen molar-refractivity contribution in [3.05, 3.63) is 0 Å². The molecular formula is C14H25NO3. The van der Waals surface area contributed by atoms with E-state index in [9.17, 15) is 4.79 Å². The highest BCUT2D eigenvalue weighted by Crippen LogP contribution is 2.29. The van der Waals surface area contributed by atoms with Gasteiger partial charge >= 0.3 is 0 Å². The number of carbonyl (C=O) groups is 1. The summed E-state index contributed by atoms with van der Waals surface area (Å²) in [5, 5.41) is 0. The van der Waals surface area contributed by atoms with E-state index in [0.717, 1.165) is 45.4 Å². The minimum Gasteiger partial charge on any atom is -0.382 e. The summed E-state index contributed by atoms with van der Waals surface area (Å²) >= 11 is 0. The molecule has 1 aliphatic carbocycles. The molecule has 0 bridgehead atoms. The lowest BCUT2D eigenvalue weighted by molar-refractivity contribution is -0.139.